The second-order valence-corrected chi connectivity index (χ2v) is 9.87. The van der Waals surface area contributed by atoms with Crippen LogP contribution in [0.5, 0.6) is 5.75 Å². The van der Waals surface area contributed by atoms with Crippen molar-refractivity contribution < 1.29 is 29.0 Å². The van der Waals surface area contributed by atoms with Crippen molar-refractivity contribution in [2.45, 2.75) is 33.4 Å². The Balaban J connectivity index is 1.66. The lowest BCUT2D eigenvalue weighted by Gasteiger charge is -2.28. The van der Waals surface area contributed by atoms with Gasteiger partial charge in [-0.1, -0.05) is 50.2 Å². The van der Waals surface area contributed by atoms with Crippen LogP contribution in [0.2, 0.25) is 0 Å². The maximum absolute atomic E-state index is 13.4. The maximum atomic E-state index is 13.4. The summed E-state index contributed by atoms with van der Waals surface area (Å²) >= 11 is 0. The average molecular weight is 557 g/mol. The van der Waals surface area contributed by atoms with E-state index in [0.717, 1.165) is 24.2 Å². The normalized spacial score (nSPS) is 16.3. The molecule has 0 bridgehead atoms. The Kier molecular flexibility index (Phi) is 9.57. The molecule has 1 fully saturated rings. The number of methoxy groups -OCH3 is 1. The first-order valence-corrected chi connectivity index (χ1v) is 13.8. The summed E-state index contributed by atoms with van der Waals surface area (Å²) in [5.41, 5.74) is 3.56. The minimum Gasteiger partial charge on any atom is -0.507 e. The van der Waals surface area contributed by atoms with Crippen LogP contribution in [0.4, 0.5) is 0 Å². The number of amides is 1. The van der Waals surface area contributed by atoms with E-state index in [1.807, 2.05) is 45.0 Å². The number of hydrogen-bond donors (Lipinski definition) is 1. The van der Waals surface area contributed by atoms with E-state index >= 15 is 0 Å². The molecular formula is C33H36N2O6. The molecule has 1 atom stereocenters. The predicted molar refractivity (Wildman–Crippen MR) is 157 cm³/mol. The number of Topliss-reactive ketones (excluding diaryl/α,β-unsaturated/α-hetero) is 1. The van der Waals surface area contributed by atoms with E-state index < -0.39 is 23.7 Å². The van der Waals surface area contributed by atoms with Gasteiger partial charge < -0.3 is 24.4 Å². The monoisotopic (exact) mass is 556 g/mol. The molecule has 1 aliphatic heterocycles. The molecule has 1 saturated heterocycles. The highest BCUT2D eigenvalue weighted by atomic mass is 16.5. The topological polar surface area (TPSA) is 96.4 Å². The summed E-state index contributed by atoms with van der Waals surface area (Å²) in [7, 11) is 1.30. The van der Waals surface area contributed by atoms with Gasteiger partial charge in [0.05, 0.1) is 24.3 Å². The number of aryl methyl sites for hydroxylation is 1. The van der Waals surface area contributed by atoms with E-state index in [1.54, 1.807) is 48.5 Å². The van der Waals surface area contributed by atoms with Crippen LogP contribution >= 0.6 is 0 Å². The van der Waals surface area contributed by atoms with Crippen molar-refractivity contribution >= 4 is 23.4 Å². The van der Waals surface area contributed by atoms with Gasteiger partial charge in [-0.05, 0) is 73.1 Å². The number of likely N-dealkylation sites (tertiary alicyclic amines) is 1. The molecule has 0 spiro atoms. The number of benzene rings is 3. The summed E-state index contributed by atoms with van der Waals surface area (Å²) in [5, 5.41) is 11.4. The molecule has 0 radical (unpaired) electrons. The van der Waals surface area contributed by atoms with E-state index in [2.05, 4.69) is 4.90 Å². The van der Waals surface area contributed by atoms with Crippen LogP contribution < -0.4 is 4.74 Å². The second kappa shape index (κ2) is 13.3. The van der Waals surface area contributed by atoms with Crippen LogP contribution in [0.1, 0.15) is 52.5 Å². The van der Waals surface area contributed by atoms with Gasteiger partial charge in [0.15, 0.2) is 0 Å². The largest absolute Gasteiger partial charge is 0.507 e. The number of rotatable bonds is 11. The minimum atomic E-state index is -0.811. The molecule has 4 rings (SSSR count). The molecule has 1 N–H and O–H groups in total. The Bertz CT molecular complexity index is 1420. The van der Waals surface area contributed by atoms with Crippen LogP contribution in [0.15, 0.2) is 78.4 Å². The first-order valence-electron chi connectivity index (χ1n) is 13.8. The SMILES string of the molecule is CCN(CC)CCN1C(=O)C(=O)/C(=C(/O)c2ccc(OCc3ccccc3C)cc2)C1c1ccc(C(=O)OC)cc1. The van der Waals surface area contributed by atoms with Crippen LogP contribution in [0.25, 0.3) is 5.76 Å². The van der Waals surface area contributed by atoms with Crippen molar-refractivity contribution in [1.82, 2.24) is 9.80 Å². The third-order valence-electron chi connectivity index (χ3n) is 7.52. The van der Waals surface area contributed by atoms with E-state index in [1.165, 1.54) is 12.0 Å². The first kappa shape index (κ1) is 29.6. The molecule has 0 aromatic heterocycles. The minimum absolute atomic E-state index is 0.00828. The Morgan fingerprint density at radius 1 is 0.927 bits per heavy atom. The summed E-state index contributed by atoms with van der Waals surface area (Å²) in [4.78, 5) is 42.3. The Morgan fingerprint density at radius 2 is 1.56 bits per heavy atom. The van der Waals surface area contributed by atoms with E-state index in [-0.39, 0.29) is 11.3 Å². The zero-order chi connectivity index (χ0) is 29.5. The lowest BCUT2D eigenvalue weighted by atomic mass is 9.94. The number of ketones is 1. The molecule has 8 nitrogen and oxygen atoms in total. The number of likely N-dealkylation sites (N-methyl/N-ethyl adjacent to an activating group) is 1. The molecule has 8 heteroatoms. The fourth-order valence-corrected chi connectivity index (χ4v) is 4.96. The number of aliphatic hydroxyl groups excluding tert-OH is 1. The number of esters is 1. The van der Waals surface area contributed by atoms with Gasteiger partial charge in [-0.2, -0.15) is 0 Å². The third-order valence-corrected chi connectivity index (χ3v) is 7.52. The zero-order valence-electron chi connectivity index (χ0n) is 23.9. The van der Waals surface area contributed by atoms with Crippen molar-refractivity contribution in [3.8, 4) is 5.75 Å². The van der Waals surface area contributed by atoms with Gasteiger partial charge in [0.1, 0.15) is 18.1 Å². The van der Waals surface area contributed by atoms with Gasteiger partial charge in [0.25, 0.3) is 11.7 Å². The summed E-state index contributed by atoms with van der Waals surface area (Å²) < 4.78 is 10.7. The summed E-state index contributed by atoms with van der Waals surface area (Å²) in [6, 6.07) is 20.5. The molecule has 0 saturated carbocycles. The molecule has 214 valence electrons. The summed E-state index contributed by atoms with van der Waals surface area (Å²) in [5.74, 6) is -1.56. The number of aliphatic hydroxyl groups is 1. The van der Waals surface area contributed by atoms with Crippen LogP contribution in [-0.4, -0.2) is 65.9 Å². The number of carbonyl (C=O) groups is 3. The maximum Gasteiger partial charge on any atom is 0.337 e. The fourth-order valence-electron chi connectivity index (χ4n) is 4.96. The van der Waals surface area contributed by atoms with Crippen molar-refractivity contribution in [2.24, 2.45) is 0 Å². The number of nitrogens with zero attached hydrogens (tertiary/aromatic N) is 2. The van der Waals surface area contributed by atoms with Gasteiger partial charge in [-0.25, -0.2) is 4.79 Å². The fraction of sp³-hybridized carbons (Fsp3) is 0.303. The van der Waals surface area contributed by atoms with Gasteiger partial charge in [-0.15, -0.1) is 0 Å². The average Bonchev–Trinajstić information content (AvgIpc) is 3.25. The third kappa shape index (κ3) is 6.49. The molecule has 1 amide bonds. The highest BCUT2D eigenvalue weighted by Crippen LogP contribution is 2.39. The molecule has 3 aromatic rings. The van der Waals surface area contributed by atoms with Gasteiger partial charge in [0, 0.05) is 18.7 Å². The highest BCUT2D eigenvalue weighted by Gasteiger charge is 2.46. The molecule has 41 heavy (non-hydrogen) atoms. The lowest BCUT2D eigenvalue weighted by Crippen LogP contribution is -2.38. The lowest BCUT2D eigenvalue weighted by molar-refractivity contribution is -0.140. The van der Waals surface area contributed by atoms with E-state index in [4.69, 9.17) is 9.47 Å². The quantitative estimate of drug-likeness (QED) is 0.152. The molecular weight excluding hydrogens is 520 g/mol. The smallest absolute Gasteiger partial charge is 0.337 e. The van der Waals surface area contributed by atoms with E-state index in [9.17, 15) is 19.5 Å². The number of carbonyl (C=O) groups excluding carboxylic acids is 3. The molecule has 0 aliphatic carbocycles. The Morgan fingerprint density at radius 3 is 2.17 bits per heavy atom. The number of ether oxygens (including phenoxy) is 2. The molecule has 3 aromatic carbocycles. The molecule has 1 heterocycles. The second-order valence-electron chi connectivity index (χ2n) is 9.87. The first-order chi connectivity index (χ1) is 19.8. The van der Waals surface area contributed by atoms with Gasteiger partial charge in [-0.3, -0.25) is 9.59 Å². The van der Waals surface area contributed by atoms with Crippen LogP contribution in [0, 0.1) is 6.92 Å². The Hall–Kier alpha value is -4.43. The van der Waals surface area contributed by atoms with Crippen molar-refractivity contribution in [2.75, 3.05) is 33.3 Å². The predicted octanol–water partition coefficient (Wildman–Crippen LogP) is 5.12. The standard InChI is InChI=1S/C33H36N2O6/c1-5-34(6-2)19-20-35-29(23-11-13-25(14-12-23)33(39)40-4)28(31(37)32(35)38)30(36)24-15-17-27(18-16-24)41-21-26-10-8-7-9-22(26)3/h7-18,29,36H,5-6,19-21H2,1-4H3/b30-28+. The van der Waals surface area contributed by atoms with Crippen LogP contribution in [0.3, 0.4) is 0 Å². The van der Waals surface area contributed by atoms with Gasteiger partial charge in [0.2, 0.25) is 0 Å². The molecule has 1 aliphatic rings. The summed E-state index contributed by atoms with van der Waals surface area (Å²) in [6.07, 6.45) is 0. The van der Waals surface area contributed by atoms with Crippen LogP contribution in [-0.2, 0) is 20.9 Å². The molecule has 1 unspecified atom stereocenters. The van der Waals surface area contributed by atoms with Crippen molar-refractivity contribution in [3.05, 3.63) is 106 Å². The van der Waals surface area contributed by atoms with Crippen molar-refractivity contribution in [3.63, 3.8) is 0 Å². The Labute approximate surface area is 240 Å². The zero-order valence-corrected chi connectivity index (χ0v) is 23.9. The number of hydrogen-bond acceptors (Lipinski definition) is 7. The van der Waals surface area contributed by atoms with Gasteiger partial charge >= 0.3 is 5.97 Å². The van der Waals surface area contributed by atoms with Crippen molar-refractivity contribution in [1.29, 1.82) is 0 Å². The highest BCUT2D eigenvalue weighted by molar-refractivity contribution is 6.46. The summed E-state index contributed by atoms with van der Waals surface area (Å²) in [6.45, 7) is 8.98. The van der Waals surface area contributed by atoms with E-state index in [0.29, 0.717) is 42.1 Å².